The van der Waals surface area contributed by atoms with E-state index in [0.29, 0.717) is 31.3 Å². The van der Waals surface area contributed by atoms with E-state index in [1.165, 1.54) is 5.56 Å². The lowest BCUT2D eigenvalue weighted by Gasteiger charge is -2.25. The number of benzene rings is 1. The first-order valence-electron chi connectivity index (χ1n) is 8.03. The van der Waals surface area contributed by atoms with Crippen molar-refractivity contribution in [2.45, 2.75) is 40.0 Å². The van der Waals surface area contributed by atoms with E-state index in [0.717, 1.165) is 0 Å². The highest BCUT2D eigenvalue weighted by Gasteiger charge is 2.19. The van der Waals surface area contributed by atoms with Gasteiger partial charge >= 0.3 is 6.03 Å². The molecule has 1 atom stereocenters. The zero-order chi connectivity index (χ0) is 16.6. The Hall–Kier alpha value is -1.55. The van der Waals surface area contributed by atoms with Crippen molar-refractivity contribution in [3.63, 3.8) is 0 Å². The van der Waals surface area contributed by atoms with Crippen molar-refractivity contribution in [3.8, 4) is 0 Å². The van der Waals surface area contributed by atoms with Gasteiger partial charge in [0.05, 0.1) is 0 Å². The van der Waals surface area contributed by atoms with Crippen molar-refractivity contribution in [1.82, 2.24) is 10.6 Å². The second-order valence-corrected chi connectivity index (χ2v) is 6.96. The minimum absolute atomic E-state index is 0.0943. The van der Waals surface area contributed by atoms with Gasteiger partial charge in [0.15, 0.2) is 0 Å². The number of carbonyl (C=O) groups is 1. The fourth-order valence-electron chi connectivity index (χ4n) is 2.41. The predicted octanol–water partition coefficient (Wildman–Crippen LogP) is 3.13. The highest BCUT2D eigenvalue weighted by molar-refractivity contribution is 5.73. The molecule has 1 aromatic rings. The molecule has 0 aliphatic heterocycles. The molecule has 0 aliphatic rings. The van der Waals surface area contributed by atoms with Gasteiger partial charge in [-0.05, 0) is 23.3 Å². The molecule has 4 nitrogen and oxygen atoms in total. The Bertz CT molecular complexity index is 444. The molecule has 0 bridgehead atoms. The van der Waals surface area contributed by atoms with Crippen LogP contribution in [0.1, 0.15) is 45.6 Å². The third-order valence-corrected chi connectivity index (χ3v) is 4.03. The van der Waals surface area contributed by atoms with Crippen molar-refractivity contribution in [2.75, 3.05) is 19.7 Å². The smallest absolute Gasteiger partial charge is 0.314 e. The molecular formula is C18H30N2O2. The van der Waals surface area contributed by atoms with Gasteiger partial charge in [0, 0.05) is 25.6 Å². The van der Waals surface area contributed by atoms with E-state index >= 15 is 0 Å². The molecule has 1 rings (SSSR count). The summed E-state index contributed by atoms with van der Waals surface area (Å²) in [7, 11) is 0. The van der Waals surface area contributed by atoms with Crippen molar-refractivity contribution in [2.24, 2.45) is 11.3 Å². The van der Waals surface area contributed by atoms with E-state index in [-0.39, 0.29) is 18.1 Å². The molecule has 2 amide bonds. The summed E-state index contributed by atoms with van der Waals surface area (Å²) in [5.74, 6) is 0.755. The Labute approximate surface area is 134 Å². The van der Waals surface area contributed by atoms with Gasteiger partial charge in [-0.2, -0.15) is 0 Å². The van der Waals surface area contributed by atoms with Gasteiger partial charge in [-0.3, -0.25) is 0 Å². The second kappa shape index (κ2) is 8.79. The largest absolute Gasteiger partial charge is 0.396 e. The summed E-state index contributed by atoms with van der Waals surface area (Å²) in [6.45, 7) is 9.71. The van der Waals surface area contributed by atoms with Crippen molar-refractivity contribution >= 4 is 6.03 Å². The molecule has 0 radical (unpaired) electrons. The maximum Gasteiger partial charge on any atom is 0.314 e. The normalized spacial score (nSPS) is 13.0. The number of aliphatic hydroxyl groups excluding tert-OH is 1. The van der Waals surface area contributed by atoms with Gasteiger partial charge in [-0.25, -0.2) is 4.79 Å². The Morgan fingerprint density at radius 1 is 1.18 bits per heavy atom. The highest BCUT2D eigenvalue weighted by Crippen LogP contribution is 2.23. The summed E-state index contributed by atoms with van der Waals surface area (Å²) in [4.78, 5) is 12.0. The van der Waals surface area contributed by atoms with Crippen molar-refractivity contribution in [3.05, 3.63) is 35.9 Å². The number of nitrogens with one attached hydrogen (secondary N) is 2. The standard InChI is InChI=1S/C18H30N2O2/c1-14(2)16(15-8-6-5-7-9-15)12-19-17(22)20-13-18(3,4)10-11-21/h5-9,14,16,21H,10-13H2,1-4H3,(H2,19,20,22). The molecule has 0 spiro atoms. The Morgan fingerprint density at radius 2 is 1.82 bits per heavy atom. The van der Waals surface area contributed by atoms with Gasteiger partial charge in [0.25, 0.3) is 0 Å². The molecule has 0 saturated heterocycles. The number of urea groups is 1. The van der Waals surface area contributed by atoms with Crippen molar-refractivity contribution < 1.29 is 9.90 Å². The van der Waals surface area contributed by atoms with Crippen LogP contribution in [0.5, 0.6) is 0 Å². The second-order valence-electron chi connectivity index (χ2n) is 6.96. The van der Waals surface area contributed by atoms with Crippen LogP contribution < -0.4 is 10.6 Å². The number of amides is 2. The highest BCUT2D eigenvalue weighted by atomic mass is 16.3. The van der Waals surface area contributed by atoms with Gasteiger partial charge in [-0.1, -0.05) is 58.0 Å². The molecule has 1 unspecified atom stereocenters. The first-order chi connectivity index (χ1) is 10.4. The van der Waals surface area contributed by atoms with E-state index in [1.54, 1.807) is 0 Å². The molecule has 124 valence electrons. The molecule has 0 aromatic heterocycles. The third-order valence-electron chi connectivity index (χ3n) is 4.03. The van der Waals surface area contributed by atoms with Crippen LogP contribution in [-0.2, 0) is 0 Å². The molecule has 0 fully saturated rings. The lowest BCUT2D eigenvalue weighted by Crippen LogP contribution is -2.42. The number of rotatable bonds is 8. The minimum Gasteiger partial charge on any atom is -0.396 e. The molecule has 4 heteroatoms. The van der Waals surface area contributed by atoms with Crippen LogP contribution in [0, 0.1) is 11.3 Å². The quantitative estimate of drug-likeness (QED) is 0.691. The molecule has 0 heterocycles. The lowest BCUT2D eigenvalue weighted by atomic mass is 9.88. The summed E-state index contributed by atoms with van der Waals surface area (Å²) in [5, 5.41) is 14.9. The lowest BCUT2D eigenvalue weighted by molar-refractivity contribution is 0.201. The van der Waals surface area contributed by atoms with Crippen LogP contribution in [-0.4, -0.2) is 30.8 Å². The molecule has 1 aromatic carbocycles. The fraction of sp³-hybridized carbons (Fsp3) is 0.611. The molecular weight excluding hydrogens is 276 g/mol. The number of hydrogen-bond acceptors (Lipinski definition) is 2. The summed E-state index contributed by atoms with van der Waals surface area (Å²) in [6, 6.07) is 10.1. The van der Waals surface area contributed by atoms with Crippen LogP contribution in [0.4, 0.5) is 4.79 Å². The topological polar surface area (TPSA) is 61.4 Å². The SMILES string of the molecule is CC(C)C(CNC(=O)NCC(C)(C)CCO)c1ccccc1. The fourth-order valence-corrected chi connectivity index (χ4v) is 2.41. The summed E-state index contributed by atoms with van der Waals surface area (Å²) < 4.78 is 0. The Morgan fingerprint density at radius 3 is 2.36 bits per heavy atom. The molecule has 22 heavy (non-hydrogen) atoms. The van der Waals surface area contributed by atoms with Crippen LogP contribution in [0.15, 0.2) is 30.3 Å². The number of hydrogen-bond donors (Lipinski definition) is 3. The summed E-state index contributed by atoms with van der Waals surface area (Å²) in [6.07, 6.45) is 0.673. The number of aliphatic hydroxyl groups is 1. The van der Waals surface area contributed by atoms with E-state index < -0.39 is 0 Å². The summed E-state index contributed by atoms with van der Waals surface area (Å²) >= 11 is 0. The zero-order valence-corrected chi connectivity index (χ0v) is 14.2. The van der Waals surface area contributed by atoms with E-state index in [4.69, 9.17) is 5.11 Å². The first kappa shape index (κ1) is 18.5. The number of carbonyl (C=O) groups excluding carboxylic acids is 1. The minimum atomic E-state index is -0.146. The van der Waals surface area contributed by atoms with Crippen LogP contribution in [0.2, 0.25) is 0 Å². The third kappa shape index (κ3) is 6.48. The van der Waals surface area contributed by atoms with Crippen molar-refractivity contribution in [1.29, 1.82) is 0 Å². The first-order valence-corrected chi connectivity index (χ1v) is 8.03. The average molecular weight is 306 g/mol. The average Bonchev–Trinajstić information content (AvgIpc) is 2.46. The van der Waals surface area contributed by atoms with Gasteiger partial charge < -0.3 is 15.7 Å². The molecule has 0 aliphatic carbocycles. The van der Waals surface area contributed by atoms with E-state index in [1.807, 2.05) is 32.0 Å². The van der Waals surface area contributed by atoms with E-state index in [9.17, 15) is 4.79 Å². The van der Waals surface area contributed by atoms with Crippen LogP contribution >= 0.6 is 0 Å². The predicted molar refractivity (Wildman–Crippen MR) is 90.9 cm³/mol. The molecule has 0 saturated carbocycles. The van der Waals surface area contributed by atoms with Crippen LogP contribution in [0.3, 0.4) is 0 Å². The van der Waals surface area contributed by atoms with Gasteiger partial charge in [0.2, 0.25) is 0 Å². The Kier molecular flexibility index (Phi) is 7.39. The van der Waals surface area contributed by atoms with Gasteiger partial charge in [0.1, 0.15) is 0 Å². The Balaban J connectivity index is 2.47. The van der Waals surface area contributed by atoms with Gasteiger partial charge in [-0.15, -0.1) is 0 Å². The molecule has 3 N–H and O–H groups in total. The monoisotopic (exact) mass is 306 g/mol. The maximum atomic E-state index is 12.0. The van der Waals surface area contributed by atoms with E-state index in [2.05, 4.69) is 36.6 Å². The zero-order valence-electron chi connectivity index (χ0n) is 14.2. The maximum absolute atomic E-state index is 12.0. The summed E-state index contributed by atoms with van der Waals surface area (Å²) in [5.41, 5.74) is 1.15. The van der Waals surface area contributed by atoms with Crippen LogP contribution in [0.25, 0.3) is 0 Å².